The van der Waals surface area contributed by atoms with Gasteiger partial charge >= 0.3 is 0 Å². The van der Waals surface area contributed by atoms with Crippen molar-refractivity contribution in [3.63, 3.8) is 0 Å². The zero-order valence-electron chi connectivity index (χ0n) is 14.5. The molecule has 1 atom stereocenters. The summed E-state index contributed by atoms with van der Waals surface area (Å²) >= 11 is 3.28. The van der Waals surface area contributed by atoms with E-state index in [0.717, 1.165) is 32.3 Å². The summed E-state index contributed by atoms with van der Waals surface area (Å²) < 4.78 is 2.85. The molecule has 0 saturated heterocycles. The molecule has 0 spiro atoms. The minimum Gasteiger partial charge on any atom is -0.310 e. The van der Waals surface area contributed by atoms with Gasteiger partial charge in [-0.1, -0.05) is 35.6 Å². The summed E-state index contributed by atoms with van der Waals surface area (Å²) in [5.74, 6) is 0.737. The number of aromatic nitrogens is 3. The van der Waals surface area contributed by atoms with Crippen LogP contribution in [0.3, 0.4) is 0 Å². The summed E-state index contributed by atoms with van der Waals surface area (Å²) in [6.07, 6.45) is 4.34. The van der Waals surface area contributed by atoms with E-state index in [0.29, 0.717) is 6.42 Å². The van der Waals surface area contributed by atoms with Crippen molar-refractivity contribution in [2.45, 2.75) is 17.2 Å². The first-order chi connectivity index (χ1) is 13.2. The number of hydrogen-bond acceptors (Lipinski definition) is 5. The summed E-state index contributed by atoms with van der Waals surface area (Å²) in [6, 6.07) is 16.4. The number of fused-ring (bicyclic) bond motifs is 2. The van der Waals surface area contributed by atoms with Gasteiger partial charge in [0.05, 0.1) is 16.4 Å². The lowest BCUT2D eigenvalue weighted by molar-refractivity contribution is -0.116. The van der Waals surface area contributed by atoms with Crippen LogP contribution in [0.1, 0.15) is 23.5 Å². The highest BCUT2D eigenvalue weighted by Crippen LogP contribution is 2.39. The molecule has 5 rings (SSSR count). The summed E-state index contributed by atoms with van der Waals surface area (Å²) in [7, 11) is 0. The molecule has 2 aromatic carbocycles. The van der Waals surface area contributed by atoms with Crippen LogP contribution < -0.4 is 5.32 Å². The highest BCUT2D eigenvalue weighted by molar-refractivity contribution is 7.98. The van der Waals surface area contributed by atoms with Crippen molar-refractivity contribution in [3.8, 4) is 5.13 Å². The van der Waals surface area contributed by atoms with E-state index in [9.17, 15) is 4.79 Å². The Balaban J connectivity index is 1.59. The van der Waals surface area contributed by atoms with Crippen LogP contribution in [0.4, 0.5) is 5.82 Å². The molecule has 27 heavy (non-hydrogen) atoms. The first kappa shape index (κ1) is 16.5. The third kappa shape index (κ3) is 2.83. The van der Waals surface area contributed by atoms with E-state index >= 15 is 0 Å². The smallest absolute Gasteiger partial charge is 0.226 e. The van der Waals surface area contributed by atoms with Crippen molar-refractivity contribution in [2.75, 3.05) is 11.6 Å². The summed E-state index contributed by atoms with van der Waals surface area (Å²) in [6.45, 7) is 0. The van der Waals surface area contributed by atoms with Crippen LogP contribution in [0.25, 0.3) is 15.3 Å². The zero-order valence-corrected chi connectivity index (χ0v) is 16.2. The topological polar surface area (TPSA) is 59.8 Å². The Morgan fingerprint density at radius 1 is 1.19 bits per heavy atom. The van der Waals surface area contributed by atoms with Gasteiger partial charge in [-0.15, -0.1) is 11.8 Å². The lowest BCUT2D eigenvalue weighted by Crippen LogP contribution is -2.24. The second kappa shape index (κ2) is 6.51. The van der Waals surface area contributed by atoms with Crippen LogP contribution in [0.5, 0.6) is 0 Å². The number of hydrogen-bond donors (Lipinski definition) is 1. The average molecular weight is 393 g/mol. The normalized spacial score (nSPS) is 16.3. The predicted molar refractivity (Wildman–Crippen MR) is 110 cm³/mol. The minimum absolute atomic E-state index is 0.00399. The van der Waals surface area contributed by atoms with Crippen molar-refractivity contribution in [1.29, 1.82) is 0 Å². The minimum atomic E-state index is 0.00399. The standard InChI is InChI=1S/C20H16N4OS2/c1-26-13-8-6-12(7-9-13)14-10-18(25)23-19-15(14)11-21-24(19)20-22-16-4-2-3-5-17(16)27-20/h2-9,11,14H,10H2,1H3,(H,23,25)/t14-/m1/s1. The average Bonchev–Trinajstić information content (AvgIpc) is 3.31. The lowest BCUT2D eigenvalue weighted by Gasteiger charge is -2.23. The Morgan fingerprint density at radius 3 is 2.78 bits per heavy atom. The Hall–Kier alpha value is -2.64. The Bertz CT molecular complexity index is 1110. The van der Waals surface area contributed by atoms with Crippen molar-refractivity contribution in [1.82, 2.24) is 14.8 Å². The Labute approximate surface area is 164 Å². The molecule has 0 saturated carbocycles. The van der Waals surface area contributed by atoms with Gasteiger partial charge < -0.3 is 5.32 Å². The van der Waals surface area contributed by atoms with Gasteiger partial charge in [0.1, 0.15) is 5.82 Å². The van der Waals surface area contributed by atoms with Gasteiger partial charge in [-0.25, -0.2) is 4.98 Å². The van der Waals surface area contributed by atoms with Crippen molar-refractivity contribution < 1.29 is 4.79 Å². The molecule has 1 aliphatic heterocycles. The second-order valence-corrected chi connectivity index (χ2v) is 8.29. The van der Waals surface area contributed by atoms with Crippen molar-refractivity contribution in [2.24, 2.45) is 0 Å². The van der Waals surface area contributed by atoms with Gasteiger partial charge in [-0.3, -0.25) is 4.79 Å². The van der Waals surface area contributed by atoms with Gasteiger partial charge in [-0.2, -0.15) is 9.78 Å². The molecule has 2 aromatic heterocycles. The summed E-state index contributed by atoms with van der Waals surface area (Å²) in [5, 5.41) is 8.31. The van der Waals surface area contributed by atoms with Crippen molar-refractivity contribution in [3.05, 3.63) is 65.9 Å². The lowest BCUT2D eigenvalue weighted by atomic mass is 9.87. The number of carbonyl (C=O) groups excluding carboxylic acids is 1. The summed E-state index contributed by atoms with van der Waals surface area (Å²) in [4.78, 5) is 18.3. The molecule has 0 bridgehead atoms. The van der Waals surface area contributed by atoms with Crippen LogP contribution in [-0.4, -0.2) is 26.9 Å². The number of carbonyl (C=O) groups is 1. The van der Waals surface area contributed by atoms with Crippen molar-refractivity contribution >= 4 is 45.0 Å². The molecule has 0 aliphatic carbocycles. The maximum atomic E-state index is 12.4. The van der Waals surface area contributed by atoms with E-state index in [2.05, 4.69) is 45.9 Å². The molecular formula is C20H16N4OS2. The highest BCUT2D eigenvalue weighted by Gasteiger charge is 2.31. The number of anilines is 1. The van der Waals surface area contributed by atoms with Gasteiger partial charge in [0.15, 0.2) is 0 Å². The third-order valence-corrected chi connectivity index (χ3v) is 6.56. The first-order valence-electron chi connectivity index (χ1n) is 8.60. The number of benzene rings is 2. The molecule has 1 aliphatic rings. The van der Waals surface area contributed by atoms with Gasteiger partial charge in [0, 0.05) is 22.8 Å². The maximum absolute atomic E-state index is 12.4. The number of rotatable bonds is 3. The van der Waals surface area contributed by atoms with E-state index in [1.165, 1.54) is 4.90 Å². The quantitative estimate of drug-likeness (QED) is 0.515. The van der Waals surface area contributed by atoms with E-state index in [1.54, 1.807) is 27.8 Å². The van der Waals surface area contributed by atoms with E-state index in [1.807, 2.05) is 30.5 Å². The van der Waals surface area contributed by atoms with Crippen LogP contribution in [0.2, 0.25) is 0 Å². The van der Waals surface area contributed by atoms with Gasteiger partial charge in [0.2, 0.25) is 11.0 Å². The monoisotopic (exact) mass is 392 g/mol. The maximum Gasteiger partial charge on any atom is 0.226 e. The van der Waals surface area contributed by atoms with Crippen LogP contribution in [-0.2, 0) is 4.79 Å². The van der Waals surface area contributed by atoms with E-state index in [-0.39, 0.29) is 11.8 Å². The SMILES string of the molecule is CSc1ccc([C@H]2CC(=O)Nc3c2cnn3-c2nc3ccccc3s2)cc1. The third-order valence-electron chi connectivity index (χ3n) is 4.80. The predicted octanol–water partition coefficient (Wildman–Crippen LogP) is 4.68. The largest absolute Gasteiger partial charge is 0.310 e. The van der Waals surface area contributed by atoms with Crippen LogP contribution in [0.15, 0.2) is 59.6 Å². The molecule has 7 heteroatoms. The number of nitrogens with one attached hydrogen (secondary N) is 1. The molecule has 5 nitrogen and oxygen atoms in total. The van der Waals surface area contributed by atoms with E-state index < -0.39 is 0 Å². The molecular weight excluding hydrogens is 376 g/mol. The molecule has 1 amide bonds. The number of thioether (sulfide) groups is 1. The van der Waals surface area contributed by atoms with E-state index in [4.69, 9.17) is 0 Å². The molecule has 1 N–H and O–H groups in total. The Kier molecular flexibility index (Phi) is 3.98. The molecule has 0 radical (unpaired) electrons. The molecule has 0 fully saturated rings. The molecule has 0 unspecified atom stereocenters. The second-order valence-electron chi connectivity index (χ2n) is 6.40. The highest BCUT2D eigenvalue weighted by atomic mass is 32.2. The first-order valence-corrected chi connectivity index (χ1v) is 10.6. The number of amides is 1. The summed E-state index contributed by atoms with van der Waals surface area (Å²) in [5.41, 5.74) is 3.10. The fraction of sp³-hybridized carbons (Fsp3) is 0.150. The fourth-order valence-electron chi connectivity index (χ4n) is 3.45. The fourth-order valence-corrected chi connectivity index (χ4v) is 4.79. The van der Waals surface area contributed by atoms with Gasteiger partial charge in [-0.05, 0) is 36.1 Å². The van der Waals surface area contributed by atoms with Crippen LogP contribution >= 0.6 is 23.1 Å². The molecule has 134 valence electrons. The molecule has 3 heterocycles. The number of para-hydroxylation sites is 1. The number of nitrogens with zero attached hydrogens (tertiary/aromatic N) is 3. The Morgan fingerprint density at radius 2 is 2.00 bits per heavy atom. The van der Waals surface area contributed by atoms with Gasteiger partial charge in [0.25, 0.3) is 0 Å². The number of thiazole rings is 1. The zero-order chi connectivity index (χ0) is 18.4. The molecule has 4 aromatic rings. The van der Waals surface area contributed by atoms with Crippen LogP contribution in [0, 0.1) is 0 Å².